The van der Waals surface area contributed by atoms with Crippen molar-refractivity contribution in [3.63, 3.8) is 0 Å². The summed E-state index contributed by atoms with van der Waals surface area (Å²) in [6, 6.07) is 4.52. The summed E-state index contributed by atoms with van der Waals surface area (Å²) < 4.78 is 18.4. The molecule has 22 heavy (non-hydrogen) atoms. The lowest BCUT2D eigenvalue weighted by Crippen LogP contribution is -2.05. The normalized spacial score (nSPS) is 9.77. The van der Waals surface area contributed by atoms with Gasteiger partial charge in [0, 0.05) is 6.10 Å². The quantitative estimate of drug-likeness (QED) is 0.827. The van der Waals surface area contributed by atoms with Crippen LogP contribution >= 0.6 is 0 Å². The Hall–Kier alpha value is -1.13. The number of halogens is 1. The van der Waals surface area contributed by atoms with Crippen molar-refractivity contribution in [2.24, 2.45) is 5.92 Å². The van der Waals surface area contributed by atoms with Crippen LogP contribution in [0.2, 0.25) is 0 Å². The van der Waals surface area contributed by atoms with Gasteiger partial charge in [-0.15, -0.1) is 0 Å². The molecule has 3 nitrogen and oxygen atoms in total. The van der Waals surface area contributed by atoms with Gasteiger partial charge in [-0.05, 0) is 56.4 Å². The van der Waals surface area contributed by atoms with Crippen LogP contribution in [0.1, 0.15) is 53.5 Å². The zero-order valence-electron chi connectivity index (χ0n) is 14.9. The zero-order valence-corrected chi connectivity index (χ0v) is 14.9. The summed E-state index contributed by atoms with van der Waals surface area (Å²) >= 11 is 0. The zero-order chi connectivity index (χ0) is 17.5. The van der Waals surface area contributed by atoms with E-state index in [1.807, 2.05) is 13.8 Å². The standard InChI is InChI=1S/C13H19FO2.C3H8O.C2H6/c1-10(2)3-4-11-9-12(14)5-6-13(11)16-8-7-15;1-3(2)4;1-2/h5-6,9-10,15H,3-4,7-8H2,1-2H3;3-4H,1-2H3;1-2H3. The van der Waals surface area contributed by atoms with Gasteiger partial charge in [-0.3, -0.25) is 0 Å². The Kier molecular flexibility index (Phi) is 15.6. The van der Waals surface area contributed by atoms with Crippen LogP contribution < -0.4 is 4.74 Å². The van der Waals surface area contributed by atoms with E-state index in [0.717, 1.165) is 18.4 Å². The highest BCUT2D eigenvalue weighted by atomic mass is 19.1. The Labute approximate surface area is 135 Å². The molecule has 0 heterocycles. The fourth-order valence-electron chi connectivity index (χ4n) is 1.48. The Bertz CT molecular complexity index is 363. The minimum absolute atomic E-state index is 0.0268. The van der Waals surface area contributed by atoms with Crippen molar-refractivity contribution in [1.82, 2.24) is 0 Å². The number of aryl methyl sites for hydroxylation is 1. The summed E-state index contributed by atoms with van der Waals surface area (Å²) in [5, 5.41) is 16.7. The lowest BCUT2D eigenvalue weighted by Gasteiger charge is -2.11. The Morgan fingerprint density at radius 1 is 1.14 bits per heavy atom. The first-order valence-electron chi connectivity index (χ1n) is 8.07. The second kappa shape index (κ2) is 14.8. The van der Waals surface area contributed by atoms with Crippen LogP contribution in [0.5, 0.6) is 5.75 Å². The molecule has 0 aromatic heterocycles. The highest BCUT2D eigenvalue weighted by Gasteiger charge is 2.06. The fourth-order valence-corrected chi connectivity index (χ4v) is 1.48. The molecule has 130 valence electrons. The molecule has 0 bridgehead atoms. The molecule has 0 aliphatic heterocycles. The molecule has 0 aliphatic carbocycles. The topological polar surface area (TPSA) is 49.7 Å². The van der Waals surface area contributed by atoms with Gasteiger partial charge in [0.1, 0.15) is 18.2 Å². The second-order valence-corrected chi connectivity index (χ2v) is 5.35. The van der Waals surface area contributed by atoms with Gasteiger partial charge >= 0.3 is 0 Å². The average molecular weight is 316 g/mol. The molecule has 2 N–H and O–H groups in total. The van der Waals surface area contributed by atoms with Crippen LogP contribution in [0.15, 0.2) is 18.2 Å². The maximum Gasteiger partial charge on any atom is 0.123 e. The predicted octanol–water partition coefficient (Wildman–Crippen LogP) is 4.20. The van der Waals surface area contributed by atoms with Gasteiger partial charge in [-0.1, -0.05) is 27.7 Å². The molecule has 0 saturated heterocycles. The molecule has 0 radical (unpaired) electrons. The van der Waals surface area contributed by atoms with Crippen LogP contribution in [0.3, 0.4) is 0 Å². The molecule has 0 fully saturated rings. The number of ether oxygens (including phenoxy) is 1. The van der Waals surface area contributed by atoms with Gasteiger partial charge in [0.15, 0.2) is 0 Å². The third kappa shape index (κ3) is 13.8. The number of hydrogen-bond acceptors (Lipinski definition) is 3. The molecule has 0 unspecified atom stereocenters. The highest BCUT2D eigenvalue weighted by Crippen LogP contribution is 2.22. The molecule has 4 heteroatoms. The number of aliphatic hydroxyl groups is 2. The Morgan fingerprint density at radius 3 is 2.14 bits per heavy atom. The Balaban J connectivity index is 0. The van der Waals surface area contributed by atoms with Gasteiger partial charge < -0.3 is 14.9 Å². The second-order valence-electron chi connectivity index (χ2n) is 5.35. The largest absolute Gasteiger partial charge is 0.491 e. The molecular weight excluding hydrogens is 283 g/mol. The minimum Gasteiger partial charge on any atom is -0.491 e. The van der Waals surface area contributed by atoms with Gasteiger partial charge in [0.25, 0.3) is 0 Å². The molecule has 0 aliphatic rings. The smallest absolute Gasteiger partial charge is 0.123 e. The van der Waals surface area contributed by atoms with E-state index in [1.54, 1.807) is 19.9 Å². The van der Waals surface area contributed by atoms with Crippen molar-refractivity contribution in [2.75, 3.05) is 13.2 Å². The summed E-state index contributed by atoms with van der Waals surface area (Å²) in [7, 11) is 0. The Morgan fingerprint density at radius 2 is 1.68 bits per heavy atom. The van der Waals surface area contributed by atoms with Gasteiger partial charge in [-0.2, -0.15) is 0 Å². The summed E-state index contributed by atoms with van der Waals surface area (Å²) in [5.74, 6) is 1.01. The molecule has 0 spiro atoms. The van der Waals surface area contributed by atoms with Crippen LogP contribution in [0, 0.1) is 11.7 Å². The maximum atomic E-state index is 13.1. The molecule has 1 aromatic carbocycles. The van der Waals surface area contributed by atoms with E-state index in [4.69, 9.17) is 14.9 Å². The SMILES string of the molecule is CC.CC(C)CCc1cc(F)ccc1OCCO.CC(C)O. The lowest BCUT2D eigenvalue weighted by molar-refractivity contribution is 0.200. The molecule has 1 aromatic rings. The maximum absolute atomic E-state index is 13.1. The first kappa shape index (κ1) is 23.1. The average Bonchev–Trinajstić information content (AvgIpc) is 2.45. The van der Waals surface area contributed by atoms with E-state index in [2.05, 4.69) is 13.8 Å². The predicted molar refractivity (Wildman–Crippen MR) is 90.8 cm³/mol. The lowest BCUT2D eigenvalue weighted by atomic mass is 10.0. The minimum atomic E-state index is -0.241. The monoisotopic (exact) mass is 316 g/mol. The van der Waals surface area contributed by atoms with Crippen LogP contribution in [-0.2, 0) is 6.42 Å². The molecule has 0 atom stereocenters. The molecule has 1 rings (SSSR count). The van der Waals surface area contributed by atoms with E-state index in [1.165, 1.54) is 12.1 Å². The van der Waals surface area contributed by atoms with E-state index in [0.29, 0.717) is 11.7 Å². The van der Waals surface area contributed by atoms with E-state index in [9.17, 15) is 4.39 Å². The van der Waals surface area contributed by atoms with Crippen LogP contribution in [0.25, 0.3) is 0 Å². The van der Waals surface area contributed by atoms with Crippen molar-refractivity contribution < 1.29 is 19.3 Å². The van der Waals surface area contributed by atoms with Crippen molar-refractivity contribution in [1.29, 1.82) is 0 Å². The fraction of sp³-hybridized carbons (Fsp3) is 0.667. The van der Waals surface area contributed by atoms with Gasteiger partial charge in [0.05, 0.1) is 6.61 Å². The molecule has 0 saturated carbocycles. The number of hydrogen-bond donors (Lipinski definition) is 2. The molecule has 0 amide bonds. The van der Waals surface area contributed by atoms with E-state index >= 15 is 0 Å². The van der Waals surface area contributed by atoms with Crippen molar-refractivity contribution in [3.8, 4) is 5.75 Å². The van der Waals surface area contributed by atoms with Crippen LogP contribution in [-0.4, -0.2) is 29.5 Å². The number of benzene rings is 1. The summed E-state index contributed by atoms with van der Waals surface area (Å²) in [4.78, 5) is 0. The van der Waals surface area contributed by atoms with E-state index in [-0.39, 0.29) is 25.1 Å². The first-order valence-corrected chi connectivity index (χ1v) is 8.07. The van der Waals surface area contributed by atoms with Gasteiger partial charge in [0.2, 0.25) is 0 Å². The molecular formula is C18H33FO3. The number of rotatable bonds is 6. The third-order valence-electron chi connectivity index (χ3n) is 2.36. The van der Waals surface area contributed by atoms with Crippen molar-refractivity contribution >= 4 is 0 Å². The van der Waals surface area contributed by atoms with Crippen molar-refractivity contribution in [2.45, 2.75) is 60.5 Å². The van der Waals surface area contributed by atoms with Crippen LogP contribution in [0.4, 0.5) is 4.39 Å². The summed E-state index contributed by atoms with van der Waals surface area (Å²) in [6.45, 7) is 11.9. The first-order chi connectivity index (χ1) is 10.4. The third-order valence-corrected chi connectivity index (χ3v) is 2.36. The summed E-state index contributed by atoms with van der Waals surface area (Å²) in [5.41, 5.74) is 0.877. The summed E-state index contributed by atoms with van der Waals surface area (Å²) in [6.07, 6.45) is 1.63. The van der Waals surface area contributed by atoms with E-state index < -0.39 is 0 Å². The highest BCUT2D eigenvalue weighted by molar-refractivity contribution is 5.34. The van der Waals surface area contributed by atoms with Crippen molar-refractivity contribution in [3.05, 3.63) is 29.6 Å². The number of aliphatic hydroxyl groups excluding tert-OH is 2. The van der Waals surface area contributed by atoms with Gasteiger partial charge in [-0.25, -0.2) is 4.39 Å².